The maximum atomic E-state index is 6.67. The summed E-state index contributed by atoms with van der Waals surface area (Å²) in [5.41, 5.74) is 9.00. The second kappa shape index (κ2) is 11.9. The van der Waals surface area contributed by atoms with E-state index in [1.165, 1.54) is 0 Å². The summed E-state index contributed by atoms with van der Waals surface area (Å²) in [7, 11) is 0. The number of fused-ring (bicyclic) bond motifs is 9. The molecule has 7 heteroatoms. The summed E-state index contributed by atoms with van der Waals surface area (Å²) in [4.78, 5) is 4.80. The minimum absolute atomic E-state index is 0. The minimum Gasteiger partial charge on any atom is -0.503 e. The first-order valence-electron chi connectivity index (χ1n) is 16.5. The van der Waals surface area contributed by atoms with E-state index in [1.807, 2.05) is 18.3 Å². The molecule has 0 bridgehead atoms. The van der Waals surface area contributed by atoms with Gasteiger partial charge in [0, 0.05) is 39.5 Å². The molecule has 0 spiro atoms. The molecule has 5 aromatic carbocycles. The van der Waals surface area contributed by atoms with Crippen LogP contribution in [0.4, 0.5) is 0 Å². The maximum Gasteiger partial charge on any atom is 2.00 e. The van der Waals surface area contributed by atoms with Gasteiger partial charge in [0.15, 0.2) is 5.82 Å². The monoisotopic (exact) mass is 830 g/mol. The van der Waals surface area contributed by atoms with Gasteiger partial charge in [0.2, 0.25) is 0 Å². The van der Waals surface area contributed by atoms with Crippen molar-refractivity contribution < 1.29 is 25.8 Å². The summed E-state index contributed by atoms with van der Waals surface area (Å²) in [6.07, 6.45) is 1.84. The van der Waals surface area contributed by atoms with Crippen molar-refractivity contribution in [2.75, 3.05) is 0 Å². The van der Waals surface area contributed by atoms with Crippen LogP contribution in [0.25, 0.3) is 66.3 Å². The van der Waals surface area contributed by atoms with Crippen LogP contribution in [0.5, 0.6) is 11.5 Å². The number of para-hydroxylation sites is 2. The molecule has 0 aliphatic rings. The summed E-state index contributed by atoms with van der Waals surface area (Å²) in [5, 5.41) is 14.8. The second-order valence-electron chi connectivity index (χ2n) is 13.8. The zero-order chi connectivity index (χ0) is 33.4. The summed E-state index contributed by atoms with van der Waals surface area (Å²) < 4.78 is 11.0. The zero-order valence-corrected chi connectivity index (χ0v) is 30.6. The van der Waals surface area contributed by atoms with Gasteiger partial charge in [-0.05, 0) is 60.0 Å². The smallest absolute Gasteiger partial charge is 0.503 e. The second-order valence-corrected chi connectivity index (χ2v) is 13.8. The van der Waals surface area contributed by atoms with Gasteiger partial charge in [-0.2, -0.15) is 5.10 Å². The summed E-state index contributed by atoms with van der Waals surface area (Å²) in [6, 6.07) is 42.8. The fraction of sp³-hybridized carbons (Fsp3) is 0.140. The van der Waals surface area contributed by atoms with Gasteiger partial charge in [-0.3, -0.25) is 0 Å². The summed E-state index contributed by atoms with van der Waals surface area (Å²) in [5.74, 6) is 2.00. The Balaban J connectivity index is 0.00000361. The number of nitrogens with zero attached hydrogens (tertiary/aromatic N) is 5. The molecule has 0 saturated heterocycles. The van der Waals surface area contributed by atoms with E-state index < -0.39 is 0 Å². The molecule has 0 fully saturated rings. The molecule has 4 aromatic heterocycles. The molecule has 0 N–H and O–H groups in total. The van der Waals surface area contributed by atoms with Crippen molar-refractivity contribution in [1.82, 2.24) is 24.1 Å². The topological polar surface area (TPSA) is 57.2 Å². The van der Waals surface area contributed by atoms with E-state index >= 15 is 0 Å². The Hall–Kier alpha value is -5.32. The Morgan fingerprint density at radius 3 is 2.10 bits per heavy atom. The standard InChI is InChI=1S/C43H33N5O.Pt/c1-26-12-10-13-27(2)39(26)42-46-45-41-36-25-30(19-20-32(36)33-14-6-9-18-38(33)48(41)42)49-31-23-28(43(3,4)5)22-29(24-31)47-37-17-8-7-15-34(37)35-16-11-21-44-40(35)47;/h6-23H,1-5H3;/q-2;+2. The van der Waals surface area contributed by atoms with Crippen LogP contribution < -0.4 is 4.74 Å². The molecule has 0 atom stereocenters. The van der Waals surface area contributed by atoms with Crippen molar-refractivity contribution in [3.63, 3.8) is 0 Å². The van der Waals surface area contributed by atoms with Crippen molar-refractivity contribution >= 4 is 49.3 Å². The van der Waals surface area contributed by atoms with Crippen LogP contribution in [-0.4, -0.2) is 24.1 Å². The van der Waals surface area contributed by atoms with Gasteiger partial charge in [0.1, 0.15) is 5.65 Å². The van der Waals surface area contributed by atoms with Crippen LogP contribution in [0.1, 0.15) is 37.5 Å². The molecule has 0 saturated carbocycles. The molecule has 9 rings (SSSR count). The summed E-state index contributed by atoms with van der Waals surface area (Å²) >= 11 is 0. The number of aryl methyl sites for hydroxylation is 2. The molecule has 0 amide bonds. The van der Waals surface area contributed by atoms with Crippen molar-refractivity contribution in [2.24, 2.45) is 0 Å². The zero-order valence-electron chi connectivity index (χ0n) is 28.4. The van der Waals surface area contributed by atoms with E-state index in [1.54, 1.807) is 0 Å². The third-order valence-electron chi connectivity index (χ3n) is 9.54. The van der Waals surface area contributed by atoms with E-state index in [0.717, 1.165) is 83.0 Å². The average Bonchev–Trinajstić information content (AvgIpc) is 3.68. The fourth-order valence-electron chi connectivity index (χ4n) is 7.13. The quantitative estimate of drug-likeness (QED) is 0.131. The molecule has 4 heterocycles. The van der Waals surface area contributed by atoms with Gasteiger partial charge in [-0.25, -0.2) is 4.98 Å². The van der Waals surface area contributed by atoms with Gasteiger partial charge >= 0.3 is 21.1 Å². The number of rotatable bonds is 4. The molecule has 9 aromatic rings. The predicted octanol–water partition coefficient (Wildman–Crippen LogP) is 10.5. The molecule has 246 valence electrons. The number of hydrogen-bond acceptors (Lipinski definition) is 4. The molecular formula is C43H33N5OPt. The van der Waals surface area contributed by atoms with Crippen LogP contribution >= 0.6 is 0 Å². The number of hydrogen-bond donors (Lipinski definition) is 0. The van der Waals surface area contributed by atoms with Crippen LogP contribution in [0.15, 0.2) is 109 Å². The Morgan fingerprint density at radius 1 is 0.640 bits per heavy atom. The molecule has 0 unspecified atom stereocenters. The number of aromatic nitrogens is 5. The Kier molecular flexibility index (Phi) is 7.61. The first-order chi connectivity index (χ1) is 23.8. The Morgan fingerprint density at radius 2 is 1.34 bits per heavy atom. The normalized spacial score (nSPS) is 11.9. The van der Waals surface area contributed by atoms with Crippen LogP contribution in [0, 0.1) is 26.0 Å². The van der Waals surface area contributed by atoms with Crippen LogP contribution in [0.3, 0.4) is 0 Å². The van der Waals surface area contributed by atoms with Gasteiger partial charge in [0.05, 0.1) is 11.2 Å². The molecule has 50 heavy (non-hydrogen) atoms. The van der Waals surface area contributed by atoms with E-state index in [9.17, 15) is 0 Å². The summed E-state index contributed by atoms with van der Waals surface area (Å²) in [6.45, 7) is 10.9. The molecule has 0 aliphatic carbocycles. The first kappa shape index (κ1) is 31.9. The van der Waals surface area contributed by atoms with Crippen molar-refractivity contribution in [1.29, 1.82) is 0 Å². The van der Waals surface area contributed by atoms with Crippen LogP contribution in [0.2, 0.25) is 0 Å². The van der Waals surface area contributed by atoms with Gasteiger partial charge in [-0.15, -0.1) is 41.0 Å². The van der Waals surface area contributed by atoms with Crippen molar-refractivity contribution in [2.45, 2.75) is 40.0 Å². The minimum atomic E-state index is -0.141. The largest absolute Gasteiger partial charge is 2.00 e. The molecule has 0 radical (unpaired) electrons. The van der Waals surface area contributed by atoms with E-state index in [-0.39, 0.29) is 26.5 Å². The fourth-order valence-corrected chi connectivity index (χ4v) is 7.13. The Labute approximate surface area is 304 Å². The molecule has 0 aliphatic heterocycles. The SMILES string of the molecule is Cc1cccc(C)c1-c1nnc2c3[c-]c(Oc4[c-]c(-n5c6ccccc6c6cccnc65)cc(C(C)(C)C)c4)ccc3c3ccccc3n12.[Pt+2]. The number of benzene rings is 5. The number of ether oxygens (including phenoxy) is 1. The van der Waals surface area contributed by atoms with Crippen molar-refractivity contribution in [3.05, 3.63) is 138 Å². The predicted molar refractivity (Wildman–Crippen MR) is 198 cm³/mol. The number of pyridine rings is 2. The van der Waals surface area contributed by atoms with Gasteiger partial charge in [0.25, 0.3) is 0 Å². The van der Waals surface area contributed by atoms with Crippen molar-refractivity contribution in [3.8, 4) is 28.6 Å². The maximum absolute atomic E-state index is 6.67. The van der Waals surface area contributed by atoms with E-state index in [4.69, 9.17) is 19.9 Å². The van der Waals surface area contributed by atoms with E-state index in [0.29, 0.717) is 11.5 Å². The van der Waals surface area contributed by atoms with Crippen LogP contribution in [-0.2, 0) is 26.5 Å². The van der Waals surface area contributed by atoms with Gasteiger partial charge in [-0.1, -0.05) is 97.9 Å². The third-order valence-corrected chi connectivity index (χ3v) is 9.54. The first-order valence-corrected chi connectivity index (χ1v) is 16.5. The average molecular weight is 831 g/mol. The third kappa shape index (κ3) is 5.01. The van der Waals surface area contributed by atoms with E-state index in [2.05, 4.69) is 147 Å². The van der Waals surface area contributed by atoms with Gasteiger partial charge < -0.3 is 13.7 Å². The molecular weight excluding hydrogens is 798 g/mol. The molecule has 6 nitrogen and oxygen atoms in total. The Bertz CT molecular complexity index is 2700.